The summed E-state index contributed by atoms with van der Waals surface area (Å²) >= 11 is 0. The van der Waals surface area contributed by atoms with Gasteiger partial charge in [-0.1, -0.05) is 18.2 Å². The summed E-state index contributed by atoms with van der Waals surface area (Å²) in [6, 6.07) is 13.6. The van der Waals surface area contributed by atoms with Gasteiger partial charge in [0.2, 0.25) is 0 Å². The molecule has 0 bridgehead atoms. The molecular weight excluding hydrogens is 426 g/mol. The molecule has 0 radical (unpaired) electrons. The van der Waals surface area contributed by atoms with Crippen molar-refractivity contribution in [2.75, 3.05) is 31.1 Å². The molecule has 1 atom stereocenters. The number of β-amino-alcohol motifs (C(OH)–C–C–N with tert-alkyl or cyclic N) is 1. The van der Waals surface area contributed by atoms with Crippen LogP contribution in [0.5, 0.6) is 0 Å². The number of amides is 1. The van der Waals surface area contributed by atoms with Gasteiger partial charge in [-0.25, -0.2) is 9.97 Å². The molecule has 2 fully saturated rings. The van der Waals surface area contributed by atoms with Gasteiger partial charge in [0.15, 0.2) is 0 Å². The molecule has 1 aliphatic heterocycles. The fourth-order valence-electron chi connectivity index (χ4n) is 5.19. The number of carbonyl (C=O) groups excluding carboxylic acids is 1. The highest BCUT2D eigenvalue weighted by atomic mass is 16.3. The van der Waals surface area contributed by atoms with E-state index < -0.39 is 0 Å². The lowest BCUT2D eigenvalue weighted by Crippen LogP contribution is -2.32. The Morgan fingerprint density at radius 3 is 2.59 bits per heavy atom. The van der Waals surface area contributed by atoms with E-state index in [2.05, 4.69) is 15.2 Å². The summed E-state index contributed by atoms with van der Waals surface area (Å²) in [6.07, 6.45) is 6.82. The molecule has 1 saturated carbocycles. The second-order valence-electron chi connectivity index (χ2n) is 9.70. The van der Waals surface area contributed by atoms with Crippen LogP contribution in [-0.2, 0) is 0 Å². The topological polar surface area (TPSA) is 104 Å². The van der Waals surface area contributed by atoms with E-state index in [1.807, 2.05) is 42.5 Å². The predicted octanol–water partition coefficient (Wildman–Crippen LogP) is 3.36. The molecule has 1 saturated heterocycles. The number of nitrogens with two attached hydrogens (primary N) is 1. The lowest BCUT2D eigenvalue weighted by Gasteiger charge is -2.27. The summed E-state index contributed by atoms with van der Waals surface area (Å²) in [5.41, 5.74) is 8.84. The molecule has 0 spiro atoms. The van der Waals surface area contributed by atoms with Gasteiger partial charge in [-0.05, 0) is 74.8 Å². The fourth-order valence-corrected chi connectivity index (χ4v) is 5.19. The smallest absolute Gasteiger partial charge is 0.252 e. The number of para-hydroxylation sites is 1. The van der Waals surface area contributed by atoms with Gasteiger partial charge >= 0.3 is 0 Å². The molecule has 7 nitrogen and oxygen atoms in total. The van der Waals surface area contributed by atoms with Crippen LogP contribution in [0.2, 0.25) is 0 Å². The minimum Gasteiger partial charge on any atom is -0.391 e. The summed E-state index contributed by atoms with van der Waals surface area (Å²) in [7, 11) is 0. The molecular formula is C27H33N5O2. The number of rotatable bonds is 6. The van der Waals surface area contributed by atoms with Crippen LogP contribution in [0.1, 0.15) is 42.5 Å². The third kappa shape index (κ3) is 4.91. The Bertz CT molecular complexity index is 1140. The first kappa shape index (κ1) is 22.7. The highest BCUT2D eigenvalue weighted by Gasteiger charge is 2.23. The quantitative estimate of drug-likeness (QED) is 0.522. The van der Waals surface area contributed by atoms with E-state index >= 15 is 0 Å². The van der Waals surface area contributed by atoms with Crippen LogP contribution in [0, 0.1) is 11.8 Å². The molecule has 4 N–H and O–H groups in total. The van der Waals surface area contributed by atoms with E-state index in [0.717, 1.165) is 73.2 Å². The van der Waals surface area contributed by atoms with E-state index in [1.165, 1.54) is 0 Å². The highest BCUT2D eigenvalue weighted by Crippen LogP contribution is 2.29. The largest absolute Gasteiger partial charge is 0.391 e. The van der Waals surface area contributed by atoms with E-state index in [0.29, 0.717) is 30.5 Å². The van der Waals surface area contributed by atoms with E-state index in [1.54, 1.807) is 6.20 Å². The van der Waals surface area contributed by atoms with Crippen molar-refractivity contribution in [2.45, 2.75) is 38.2 Å². The van der Waals surface area contributed by atoms with Crippen molar-refractivity contribution in [3.8, 4) is 11.3 Å². The number of pyridine rings is 2. The Morgan fingerprint density at radius 2 is 1.88 bits per heavy atom. The number of benzene rings is 1. The van der Waals surface area contributed by atoms with Gasteiger partial charge in [-0.3, -0.25) is 4.79 Å². The van der Waals surface area contributed by atoms with Crippen molar-refractivity contribution < 1.29 is 9.90 Å². The zero-order valence-electron chi connectivity index (χ0n) is 19.5. The van der Waals surface area contributed by atoms with Crippen LogP contribution in [0.15, 0.2) is 48.7 Å². The summed E-state index contributed by atoms with van der Waals surface area (Å²) < 4.78 is 0. The van der Waals surface area contributed by atoms with Gasteiger partial charge < -0.3 is 21.1 Å². The number of anilines is 1. The molecule has 3 heterocycles. The third-order valence-electron chi connectivity index (χ3n) is 7.34. The summed E-state index contributed by atoms with van der Waals surface area (Å²) in [5, 5.41) is 13.8. The molecule has 1 aliphatic carbocycles. The highest BCUT2D eigenvalue weighted by molar-refractivity contribution is 6.07. The number of aliphatic hydroxyl groups excluding tert-OH is 1. The number of fused-ring (bicyclic) bond motifs is 1. The van der Waals surface area contributed by atoms with Crippen molar-refractivity contribution >= 4 is 22.6 Å². The second-order valence-corrected chi connectivity index (χ2v) is 9.70. The van der Waals surface area contributed by atoms with E-state index in [4.69, 9.17) is 10.7 Å². The average Bonchev–Trinajstić information content (AvgIpc) is 3.33. The maximum atomic E-state index is 13.3. The fraction of sp³-hybridized carbons (Fsp3) is 0.444. The molecule has 7 heteroatoms. The van der Waals surface area contributed by atoms with Crippen LogP contribution < -0.4 is 16.0 Å². The SMILES string of the molecule is NCC1CCC(CNC(=O)c2cc(-c3ccc(N4CC[C@@H](O)C4)nc3)nc3ccccc23)CC1. The maximum absolute atomic E-state index is 13.3. The summed E-state index contributed by atoms with van der Waals surface area (Å²) in [5.74, 6) is 1.94. The van der Waals surface area contributed by atoms with Gasteiger partial charge in [-0.2, -0.15) is 0 Å². The van der Waals surface area contributed by atoms with Crippen LogP contribution in [0.25, 0.3) is 22.2 Å². The van der Waals surface area contributed by atoms with Crippen LogP contribution >= 0.6 is 0 Å². The third-order valence-corrected chi connectivity index (χ3v) is 7.34. The number of nitrogens with zero attached hydrogens (tertiary/aromatic N) is 3. The van der Waals surface area contributed by atoms with Crippen molar-refractivity contribution in [3.63, 3.8) is 0 Å². The average molecular weight is 460 g/mol. The monoisotopic (exact) mass is 459 g/mol. The predicted molar refractivity (Wildman–Crippen MR) is 135 cm³/mol. The summed E-state index contributed by atoms with van der Waals surface area (Å²) in [6.45, 7) is 2.87. The Kier molecular flexibility index (Phi) is 6.74. The number of hydrogen-bond acceptors (Lipinski definition) is 6. The van der Waals surface area contributed by atoms with E-state index in [9.17, 15) is 9.90 Å². The van der Waals surface area contributed by atoms with Crippen molar-refractivity contribution in [1.29, 1.82) is 0 Å². The Balaban J connectivity index is 1.35. The number of nitrogens with one attached hydrogen (secondary N) is 1. The van der Waals surface area contributed by atoms with Crippen LogP contribution in [-0.4, -0.2) is 53.3 Å². The number of aromatic nitrogens is 2. The maximum Gasteiger partial charge on any atom is 0.252 e. The number of carbonyl (C=O) groups is 1. The summed E-state index contributed by atoms with van der Waals surface area (Å²) in [4.78, 5) is 24.8. The molecule has 0 unspecified atom stereocenters. The standard InChI is InChI=1S/C27H33N5O2/c28-14-18-5-7-19(8-6-18)15-30-27(34)23-13-25(31-24-4-2-1-3-22(23)24)20-9-10-26(29-16-20)32-12-11-21(33)17-32/h1-4,9-10,13,16,18-19,21,33H,5-8,11-12,14-15,17,28H2,(H,30,34)/t18?,19?,21-/m1/s1. The van der Waals surface area contributed by atoms with Gasteiger partial charge in [0, 0.05) is 36.8 Å². The minimum atomic E-state index is -0.291. The lowest BCUT2D eigenvalue weighted by atomic mass is 9.82. The Hall–Kier alpha value is -3.03. The zero-order chi connectivity index (χ0) is 23.5. The molecule has 34 heavy (non-hydrogen) atoms. The van der Waals surface area contributed by atoms with Gasteiger partial charge in [0.05, 0.1) is 22.9 Å². The van der Waals surface area contributed by atoms with Gasteiger partial charge in [0.1, 0.15) is 5.82 Å². The van der Waals surface area contributed by atoms with Crippen LogP contribution in [0.4, 0.5) is 5.82 Å². The first-order valence-electron chi connectivity index (χ1n) is 12.4. The molecule has 178 valence electrons. The molecule has 1 aromatic carbocycles. The van der Waals surface area contributed by atoms with Gasteiger partial charge in [0.25, 0.3) is 5.91 Å². The van der Waals surface area contributed by atoms with Crippen molar-refractivity contribution in [3.05, 3.63) is 54.2 Å². The van der Waals surface area contributed by atoms with E-state index in [-0.39, 0.29) is 12.0 Å². The zero-order valence-corrected chi connectivity index (χ0v) is 19.5. The molecule has 1 amide bonds. The Labute approximate surface area is 200 Å². The van der Waals surface area contributed by atoms with Crippen LogP contribution in [0.3, 0.4) is 0 Å². The van der Waals surface area contributed by atoms with Crippen molar-refractivity contribution in [2.24, 2.45) is 17.6 Å². The number of hydrogen-bond donors (Lipinski definition) is 3. The number of aliphatic hydroxyl groups is 1. The first-order valence-corrected chi connectivity index (χ1v) is 12.4. The second kappa shape index (κ2) is 10.1. The molecule has 3 aromatic rings. The Morgan fingerprint density at radius 1 is 1.09 bits per heavy atom. The molecule has 2 aromatic heterocycles. The lowest BCUT2D eigenvalue weighted by molar-refractivity contribution is 0.0943. The molecule has 5 rings (SSSR count). The molecule has 2 aliphatic rings. The minimum absolute atomic E-state index is 0.0589. The first-order chi connectivity index (χ1) is 16.6. The van der Waals surface area contributed by atoms with Crippen molar-refractivity contribution in [1.82, 2.24) is 15.3 Å². The van der Waals surface area contributed by atoms with Gasteiger partial charge in [-0.15, -0.1) is 0 Å². The normalized spacial score (nSPS) is 22.8.